The molecule has 32 heavy (non-hydrogen) atoms. The number of carbonyl (C=O) groups excluding carboxylic acids is 2. The van der Waals surface area contributed by atoms with E-state index in [9.17, 15) is 9.59 Å². The Morgan fingerprint density at radius 1 is 1.19 bits per heavy atom. The van der Waals surface area contributed by atoms with Gasteiger partial charge in [-0.3, -0.25) is 9.59 Å². The number of benzene rings is 1. The Kier molecular flexibility index (Phi) is 7.27. The molecule has 0 aliphatic rings. The summed E-state index contributed by atoms with van der Waals surface area (Å²) in [4.78, 5) is 28.4. The fraction of sp³-hybridized carbons (Fsp3) is 0.300. The number of aryl methyl sites for hydroxylation is 1. The number of aromatic nitrogens is 3. The van der Waals surface area contributed by atoms with Crippen molar-refractivity contribution >= 4 is 52.9 Å². The van der Waals surface area contributed by atoms with Crippen molar-refractivity contribution in [2.45, 2.75) is 39.8 Å². The van der Waals surface area contributed by atoms with Crippen LogP contribution in [0, 0.1) is 11.8 Å². The number of nitrogens with zero attached hydrogens (tertiary/aromatic N) is 1. The first-order valence-electron chi connectivity index (χ1n) is 9.58. The van der Waals surface area contributed by atoms with Crippen molar-refractivity contribution in [1.82, 2.24) is 20.5 Å². The molecule has 0 aliphatic carbocycles. The van der Waals surface area contributed by atoms with Crippen molar-refractivity contribution in [3.8, 4) is 5.75 Å². The van der Waals surface area contributed by atoms with E-state index < -0.39 is 11.9 Å². The van der Waals surface area contributed by atoms with Crippen molar-refractivity contribution in [2.75, 3.05) is 5.32 Å². The van der Waals surface area contributed by atoms with Gasteiger partial charge in [0, 0.05) is 11.3 Å². The number of amides is 2. The zero-order chi connectivity index (χ0) is 23.6. The van der Waals surface area contributed by atoms with Gasteiger partial charge in [-0.2, -0.15) is 0 Å². The van der Waals surface area contributed by atoms with Crippen LogP contribution in [-0.4, -0.2) is 33.1 Å². The molecule has 1 atom stereocenters. The molecule has 1 aromatic carbocycles. The van der Waals surface area contributed by atoms with Crippen LogP contribution in [-0.2, 0) is 0 Å². The number of aromatic amines is 2. The third kappa shape index (κ3) is 5.32. The number of hydrogen-bond acceptors (Lipinski definition) is 6. The number of hydrogen-bond donors (Lipinski definition) is 4. The minimum atomic E-state index is -0.521. The number of H-pyrrole nitrogens is 2. The highest BCUT2D eigenvalue weighted by Crippen LogP contribution is 2.32. The first kappa shape index (κ1) is 23.8. The molecule has 2 aromatic heterocycles. The molecule has 0 bridgehead atoms. The summed E-state index contributed by atoms with van der Waals surface area (Å²) in [5.74, 6) is -0.314. The maximum Gasteiger partial charge on any atom is 0.284 e. The monoisotopic (exact) mass is 497 g/mol. The molecule has 0 fully saturated rings. The van der Waals surface area contributed by atoms with E-state index in [1.807, 2.05) is 13.8 Å². The molecule has 170 valence electrons. The van der Waals surface area contributed by atoms with Crippen LogP contribution in [0.15, 0.2) is 22.6 Å². The van der Waals surface area contributed by atoms with Crippen LogP contribution < -0.4 is 15.4 Å². The number of ether oxygens (including phenoxy) is 1. The van der Waals surface area contributed by atoms with E-state index in [1.54, 1.807) is 26.0 Å². The molecular formula is C20H21Cl2N5O4S. The summed E-state index contributed by atoms with van der Waals surface area (Å²) >= 11 is 17.0. The van der Waals surface area contributed by atoms with E-state index in [0.29, 0.717) is 22.7 Å². The second-order valence-electron chi connectivity index (χ2n) is 7.23. The van der Waals surface area contributed by atoms with Gasteiger partial charge in [0.25, 0.3) is 16.7 Å². The molecular weight excluding hydrogens is 477 g/mol. The Balaban J connectivity index is 1.83. The lowest BCUT2D eigenvalue weighted by Crippen LogP contribution is -2.27. The van der Waals surface area contributed by atoms with Gasteiger partial charge >= 0.3 is 0 Å². The van der Waals surface area contributed by atoms with Gasteiger partial charge in [-0.25, -0.2) is 5.10 Å². The van der Waals surface area contributed by atoms with Crippen LogP contribution in [0.1, 0.15) is 59.2 Å². The first-order chi connectivity index (χ1) is 15.1. The number of rotatable bonds is 7. The van der Waals surface area contributed by atoms with Crippen molar-refractivity contribution in [2.24, 2.45) is 0 Å². The van der Waals surface area contributed by atoms with Crippen LogP contribution in [0.25, 0.3) is 0 Å². The van der Waals surface area contributed by atoms with Crippen LogP contribution in [0.4, 0.5) is 5.69 Å². The van der Waals surface area contributed by atoms with Crippen LogP contribution in [0.5, 0.6) is 5.75 Å². The summed E-state index contributed by atoms with van der Waals surface area (Å²) in [7, 11) is 0. The Labute approximate surface area is 198 Å². The van der Waals surface area contributed by atoms with Crippen molar-refractivity contribution in [1.29, 1.82) is 0 Å². The van der Waals surface area contributed by atoms with Gasteiger partial charge < -0.3 is 24.8 Å². The molecule has 0 unspecified atom stereocenters. The molecule has 2 amide bonds. The van der Waals surface area contributed by atoms with Crippen LogP contribution >= 0.6 is 35.4 Å². The maximum atomic E-state index is 12.7. The second-order valence-corrected chi connectivity index (χ2v) is 8.36. The van der Waals surface area contributed by atoms with Gasteiger partial charge in [-0.15, -0.1) is 5.10 Å². The summed E-state index contributed by atoms with van der Waals surface area (Å²) in [6, 6.07) is 4.14. The van der Waals surface area contributed by atoms with E-state index >= 15 is 0 Å². The molecule has 0 saturated heterocycles. The highest BCUT2D eigenvalue weighted by molar-refractivity contribution is 7.71. The molecule has 4 N–H and O–H groups in total. The molecule has 0 saturated carbocycles. The minimum absolute atomic E-state index is 0.118. The van der Waals surface area contributed by atoms with Gasteiger partial charge in [-0.1, -0.05) is 23.2 Å². The quantitative estimate of drug-likeness (QED) is 0.332. The molecule has 0 aliphatic heterocycles. The largest absolute Gasteiger partial charge is 0.489 e. The number of nitrogens with one attached hydrogen (secondary N) is 4. The van der Waals surface area contributed by atoms with Crippen LogP contribution in [0.3, 0.4) is 0 Å². The van der Waals surface area contributed by atoms with Crippen LogP contribution in [0.2, 0.25) is 10.0 Å². The Morgan fingerprint density at radius 3 is 2.47 bits per heavy atom. The van der Waals surface area contributed by atoms with Crippen molar-refractivity contribution < 1.29 is 18.7 Å². The van der Waals surface area contributed by atoms with Gasteiger partial charge in [-0.05, 0) is 58.1 Å². The average molecular weight is 498 g/mol. The summed E-state index contributed by atoms with van der Waals surface area (Å²) < 4.78 is 11.0. The lowest BCUT2D eigenvalue weighted by atomic mass is 10.1. The van der Waals surface area contributed by atoms with E-state index in [2.05, 4.69) is 25.8 Å². The van der Waals surface area contributed by atoms with Gasteiger partial charge in [0.05, 0.1) is 21.8 Å². The average Bonchev–Trinajstić information content (AvgIpc) is 3.27. The van der Waals surface area contributed by atoms with Crippen molar-refractivity contribution in [3.05, 3.63) is 55.9 Å². The normalized spacial score (nSPS) is 12.0. The number of carbonyl (C=O) groups is 2. The zero-order valence-electron chi connectivity index (χ0n) is 17.6. The smallest absolute Gasteiger partial charge is 0.284 e. The molecule has 12 heteroatoms. The SMILES string of the molecule is Cc1[nH]c(C(=O)Nc2ccc(C(=O)N[C@H](C)c3n[nH]c(=S)o3)cc2OC(C)C)c(Cl)c1Cl. The molecule has 0 radical (unpaired) electrons. The third-order valence-corrected chi connectivity index (χ3v) is 5.43. The van der Waals surface area contributed by atoms with E-state index in [1.165, 1.54) is 6.07 Å². The number of anilines is 1. The number of halogens is 2. The Hall–Kier alpha value is -2.82. The Morgan fingerprint density at radius 2 is 1.91 bits per heavy atom. The highest BCUT2D eigenvalue weighted by Gasteiger charge is 2.21. The predicted octanol–water partition coefficient (Wildman–Crippen LogP) is 5.21. The molecule has 3 aromatic rings. The third-order valence-electron chi connectivity index (χ3n) is 4.31. The Bertz CT molecular complexity index is 1220. The first-order valence-corrected chi connectivity index (χ1v) is 10.7. The lowest BCUT2D eigenvalue weighted by Gasteiger charge is -2.17. The van der Waals surface area contributed by atoms with E-state index in [4.69, 9.17) is 44.6 Å². The fourth-order valence-electron chi connectivity index (χ4n) is 2.80. The van der Waals surface area contributed by atoms with Gasteiger partial charge in [0.1, 0.15) is 17.5 Å². The lowest BCUT2D eigenvalue weighted by molar-refractivity contribution is 0.0933. The maximum absolute atomic E-state index is 12.7. The molecule has 0 spiro atoms. The standard InChI is InChI=1S/C20H21Cl2N5O4S/c1-8(2)30-13-7-11(17(28)24-10(4)19-26-27-20(32)31-19)5-6-12(13)25-18(29)16-15(22)14(21)9(3)23-16/h5-8,10,23H,1-4H3,(H,24,28)(H,25,29)(H,27,32)/t10-/m1/s1. The summed E-state index contributed by atoms with van der Waals surface area (Å²) in [6.07, 6.45) is -0.206. The van der Waals surface area contributed by atoms with E-state index in [0.717, 1.165) is 0 Å². The molecule has 2 heterocycles. The highest BCUT2D eigenvalue weighted by atomic mass is 35.5. The van der Waals surface area contributed by atoms with E-state index in [-0.39, 0.29) is 38.5 Å². The molecule has 9 nitrogen and oxygen atoms in total. The summed E-state index contributed by atoms with van der Waals surface area (Å²) in [5, 5.41) is 12.3. The molecule has 3 rings (SSSR count). The summed E-state index contributed by atoms with van der Waals surface area (Å²) in [5.41, 5.74) is 1.39. The fourth-order valence-corrected chi connectivity index (χ4v) is 3.35. The van der Waals surface area contributed by atoms with Crippen molar-refractivity contribution in [3.63, 3.8) is 0 Å². The van der Waals surface area contributed by atoms with Gasteiger partial charge in [0.15, 0.2) is 0 Å². The minimum Gasteiger partial charge on any atom is -0.489 e. The van der Waals surface area contributed by atoms with Gasteiger partial charge in [0.2, 0.25) is 5.89 Å². The summed E-state index contributed by atoms with van der Waals surface area (Å²) in [6.45, 7) is 7.08. The zero-order valence-corrected chi connectivity index (χ0v) is 20.0. The predicted molar refractivity (Wildman–Crippen MR) is 123 cm³/mol. The second kappa shape index (κ2) is 9.76. The topological polar surface area (TPSA) is 125 Å².